The first-order valence-electron chi connectivity index (χ1n) is 9.83. The van der Waals surface area contributed by atoms with Crippen molar-refractivity contribution in [2.45, 2.75) is 37.8 Å². The number of hydrogen-bond donors (Lipinski definition) is 3. The molecule has 0 aromatic heterocycles. The monoisotopic (exact) mass is 374 g/mol. The Bertz CT molecular complexity index is 611. The highest BCUT2D eigenvalue weighted by Gasteiger charge is 2.29. The first-order valence-corrected chi connectivity index (χ1v) is 9.83. The molecule has 1 atom stereocenters. The molecule has 148 valence electrons. The molecule has 7 nitrogen and oxygen atoms in total. The fraction of sp³-hybridized carbons (Fsp3) is 0.600. The second-order valence-corrected chi connectivity index (χ2v) is 7.45. The summed E-state index contributed by atoms with van der Waals surface area (Å²) in [6, 6.07) is 9.15. The van der Waals surface area contributed by atoms with Gasteiger partial charge in [-0.2, -0.15) is 0 Å². The first kappa shape index (κ1) is 19.8. The topological polar surface area (TPSA) is 96.7 Å². The van der Waals surface area contributed by atoms with Crippen LogP contribution in [-0.4, -0.2) is 61.6 Å². The standard InChI is InChI=1S/C20H30N4O3/c21-19(15-8-12-27-13-9-15)20(26)23-17-6-10-24(11-7-17)14-18(25)22-16-4-2-1-3-5-16/h1-5,15,17,19H,6-14,21H2,(H,22,25)(H,23,26). The third kappa shape index (κ3) is 6.02. The van der Waals surface area contributed by atoms with E-state index in [1.807, 2.05) is 30.3 Å². The van der Waals surface area contributed by atoms with E-state index in [4.69, 9.17) is 10.5 Å². The van der Waals surface area contributed by atoms with Crippen LogP contribution in [0.15, 0.2) is 30.3 Å². The summed E-state index contributed by atoms with van der Waals surface area (Å²) >= 11 is 0. The number of anilines is 1. The van der Waals surface area contributed by atoms with E-state index in [9.17, 15) is 9.59 Å². The minimum absolute atomic E-state index is 0.00905. The van der Waals surface area contributed by atoms with Crippen molar-refractivity contribution in [1.82, 2.24) is 10.2 Å². The average Bonchev–Trinajstić information content (AvgIpc) is 2.70. The maximum atomic E-state index is 12.4. The summed E-state index contributed by atoms with van der Waals surface area (Å²) in [5, 5.41) is 6.00. The molecule has 27 heavy (non-hydrogen) atoms. The summed E-state index contributed by atoms with van der Waals surface area (Å²) in [4.78, 5) is 26.7. The molecule has 2 saturated heterocycles. The second-order valence-electron chi connectivity index (χ2n) is 7.45. The van der Waals surface area contributed by atoms with Crippen molar-refractivity contribution in [3.05, 3.63) is 30.3 Å². The molecule has 2 aliphatic rings. The molecule has 2 fully saturated rings. The largest absolute Gasteiger partial charge is 0.381 e. The Morgan fingerprint density at radius 2 is 1.78 bits per heavy atom. The molecule has 2 heterocycles. The summed E-state index contributed by atoms with van der Waals surface area (Å²) in [6.07, 6.45) is 3.38. The predicted molar refractivity (Wildman–Crippen MR) is 104 cm³/mol. The van der Waals surface area contributed by atoms with Crippen LogP contribution in [0.1, 0.15) is 25.7 Å². The molecular weight excluding hydrogens is 344 g/mol. The van der Waals surface area contributed by atoms with Gasteiger partial charge in [-0.05, 0) is 43.7 Å². The Hall–Kier alpha value is -1.96. The maximum Gasteiger partial charge on any atom is 0.238 e. The third-order valence-electron chi connectivity index (χ3n) is 5.44. The molecule has 2 aliphatic heterocycles. The van der Waals surface area contributed by atoms with Gasteiger partial charge in [0.2, 0.25) is 11.8 Å². The Kier molecular flexibility index (Phi) is 7.20. The highest BCUT2D eigenvalue weighted by Crippen LogP contribution is 2.18. The van der Waals surface area contributed by atoms with E-state index >= 15 is 0 Å². The van der Waals surface area contributed by atoms with Gasteiger partial charge in [-0.1, -0.05) is 18.2 Å². The lowest BCUT2D eigenvalue weighted by Crippen LogP contribution is -2.53. The number of amides is 2. The minimum Gasteiger partial charge on any atom is -0.381 e. The van der Waals surface area contributed by atoms with Gasteiger partial charge in [0.25, 0.3) is 0 Å². The zero-order chi connectivity index (χ0) is 19.1. The van der Waals surface area contributed by atoms with Crippen LogP contribution in [-0.2, 0) is 14.3 Å². The number of carbonyl (C=O) groups excluding carboxylic acids is 2. The van der Waals surface area contributed by atoms with Crippen LogP contribution in [0.3, 0.4) is 0 Å². The fourth-order valence-electron chi connectivity index (χ4n) is 3.75. The summed E-state index contributed by atoms with van der Waals surface area (Å²) in [5.74, 6) is 0.146. The van der Waals surface area contributed by atoms with E-state index < -0.39 is 6.04 Å². The van der Waals surface area contributed by atoms with Crippen LogP contribution in [0.4, 0.5) is 5.69 Å². The third-order valence-corrected chi connectivity index (χ3v) is 5.44. The predicted octanol–water partition coefficient (Wildman–Crippen LogP) is 0.960. The van der Waals surface area contributed by atoms with Gasteiger partial charge in [0.05, 0.1) is 12.6 Å². The normalized spacial score (nSPS) is 20.8. The molecule has 0 radical (unpaired) electrons. The second kappa shape index (κ2) is 9.82. The SMILES string of the molecule is NC(C(=O)NC1CCN(CC(=O)Nc2ccccc2)CC1)C1CCOCC1. The van der Waals surface area contributed by atoms with Crippen molar-refractivity contribution in [2.24, 2.45) is 11.7 Å². The van der Waals surface area contributed by atoms with Crippen LogP contribution in [0.2, 0.25) is 0 Å². The highest BCUT2D eigenvalue weighted by atomic mass is 16.5. The number of nitrogens with two attached hydrogens (primary N) is 1. The van der Waals surface area contributed by atoms with Crippen LogP contribution < -0.4 is 16.4 Å². The van der Waals surface area contributed by atoms with Crippen LogP contribution in [0, 0.1) is 5.92 Å². The molecular formula is C20H30N4O3. The molecule has 4 N–H and O–H groups in total. The van der Waals surface area contributed by atoms with Gasteiger partial charge in [-0.25, -0.2) is 0 Å². The van der Waals surface area contributed by atoms with E-state index in [2.05, 4.69) is 15.5 Å². The van der Waals surface area contributed by atoms with Crippen LogP contribution in [0.5, 0.6) is 0 Å². The number of likely N-dealkylation sites (tertiary alicyclic amines) is 1. The van der Waals surface area contributed by atoms with Crippen molar-refractivity contribution in [2.75, 3.05) is 38.2 Å². The Balaban J connectivity index is 1.37. The van der Waals surface area contributed by atoms with Crippen molar-refractivity contribution in [1.29, 1.82) is 0 Å². The summed E-state index contributed by atoms with van der Waals surface area (Å²) in [7, 11) is 0. The number of carbonyl (C=O) groups is 2. The molecule has 0 aliphatic carbocycles. The van der Waals surface area contributed by atoms with Crippen molar-refractivity contribution in [3.63, 3.8) is 0 Å². The number of nitrogens with zero attached hydrogens (tertiary/aromatic N) is 1. The molecule has 1 aromatic rings. The maximum absolute atomic E-state index is 12.4. The Morgan fingerprint density at radius 1 is 1.11 bits per heavy atom. The summed E-state index contributed by atoms with van der Waals surface area (Å²) < 4.78 is 5.34. The average molecular weight is 374 g/mol. The van der Waals surface area contributed by atoms with Gasteiger partial charge in [-0.15, -0.1) is 0 Å². The van der Waals surface area contributed by atoms with E-state index in [1.165, 1.54) is 0 Å². The number of ether oxygens (including phenoxy) is 1. The lowest BCUT2D eigenvalue weighted by atomic mass is 9.91. The number of piperidine rings is 1. The quantitative estimate of drug-likeness (QED) is 0.689. The lowest BCUT2D eigenvalue weighted by molar-refractivity contribution is -0.125. The number of benzene rings is 1. The number of para-hydroxylation sites is 1. The number of nitrogens with one attached hydrogen (secondary N) is 2. The zero-order valence-corrected chi connectivity index (χ0v) is 15.7. The molecule has 0 saturated carbocycles. The highest BCUT2D eigenvalue weighted by molar-refractivity contribution is 5.92. The van der Waals surface area contributed by atoms with Gasteiger partial charge in [0, 0.05) is 38.0 Å². The smallest absolute Gasteiger partial charge is 0.238 e. The Labute approximate surface area is 160 Å². The van der Waals surface area contributed by atoms with E-state index in [1.54, 1.807) is 0 Å². The molecule has 1 unspecified atom stereocenters. The minimum atomic E-state index is -0.455. The number of rotatable bonds is 6. The van der Waals surface area contributed by atoms with Gasteiger partial charge >= 0.3 is 0 Å². The van der Waals surface area contributed by atoms with Gasteiger partial charge in [0.15, 0.2) is 0 Å². The summed E-state index contributed by atoms with van der Waals surface area (Å²) in [5.41, 5.74) is 6.96. The fourth-order valence-corrected chi connectivity index (χ4v) is 3.75. The molecule has 2 amide bonds. The van der Waals surface area contributed by atoms with Gasteiger partial charge in [0.1, 0.15) is 0 Å². The van der Waals surface area contributed by atoms with Gasteiger partial charge in [-0.3, -0.25) is 14.5 Å². The van der Waals surface area contributed by atoms with E-state index in [-0.39, 0.29) is 23.8 Å². The van der Waals surface area contributed by atoms with Gasteiger partial charge < -0.3 is 21.1 Å². The van der Waals surface area contributed by atoms with Crippen molar-refractivity contribution in [3.8, 4) is 0 Å². The van der Waals surface area contributed by atoms with Crippen LogP contribution in [0.25, 0.3) is 0 Å². The Morgan fingerprint density at radius 3 is 2.44 bits per heavy atom. The van der Waals surface area contributed by atoms with E-state index in [0.29, 0.717) is 19.8 Å². The zero-order valence-electron chi connectivity index (χ0n) is 15.7. The number of hydrogen-bond acceptors (Lipinski definition) is 5. The van der Waals surface area contributed by atoms with Crippen molar-refractivity contribution < 1.29 is 14.3 Å². The molecule has 1 aromatic carbocycles. The molecule has 3 rings (SSSR count). The molecule has 0 spiro atoms. The summed E-state index contributed by atoms with van der Waals surface area (Å²) in [6.45, 7) is 3.33. The van der Waals surface area contributed by atoms with Crippen molar-refractivity contribution >= 4 is 17.5 Å². The molecule has 7 heteroatoms. The van der Waals surface area contributed by atoms with E-state index in [0.717, 1.165) is 44.5 Å². The first-order chi connectivity index (χ1) is 13.1. The molecule has 0 bridgehead atoms. The van der Waals surface area contributed by atoms with Crippen LogP contribution >= 0.6 is 0 Å². The lowest BCUT2D eigenvalue weighted by Gasteiger charge is -2.33.